The Morgan fingerprint density at radius 2 is 2.00 bits per heavy atom. The van der Waals surface area contributed by atoms with Crippen LogP contribution in [0.5, 0.6) is 0 Å². The van der Waals surface area contributed by atoms with Gasteiger partial charge in [-0.05, 0) is 50.6 Å². The van der Waals surface area contributed by atoms with Gasteiger partial charge in [-0.1, -0.05) is 18.2 Å². The molecular formula is C21H20N4O3. The van der Waals surface area contributed by atoms with Crippen LogP contribution in [0.4, 0.5) is 16.2 Å². The first-order valence-electron chi connectivity index (χ1n) is 8.89. The quantitative estimate of drug-likeness (QED) is 0.578. The summed E-state index contributed by atoms with van der Waals surface area (Å²) >= 11 is 0. The maximum absolute atomic E-state index is 12.5. The second-order valence-corrected chi connectivity index (χ2v) is 7.62. The van der Waals surface area contributed by atoms with Crippen molar-refractivity contribution in [3.05, 3.63) is 53.7 Å². The van der Waals surface area contributed by atoms with Crippen LogP contribution in [0.25, 0.3) is 22.6 Å². The lowest BCUT2D eigenvalue weighted by Gasteiger charge is -2.19. The van der Waals surface area contributed by atoms with Crippen molar-refractivity contribution in [1.29, 1.82) is 0 Å². The van der Waals surface area contributed by atoms with Gasteiger partial charge in [0.1, 0.15) is 5.60 Å². The molecule has 0 saturated carbocycles. The van der Waals surface area contributed by atoms with Crippen molar-refractivity contribution in [3.8, 4) is 0 Å². The van der Waals surface area contributed by atoms with Crippen LogP contribution >= 0.6 is 0 Å². The van der Waals surface area contributed by atoms with Crippen LogP contribution in [0.2, 0.25) is 0 Å². The summed E-state index contributed by atoms with van der Waals surface area (Å²) in [5, 5.41) is 13.5. The second kappa shape index (κ2) is 6.53. The van der Waals surface area contributed by atoms with E-state index in [1.807, 2.05) is 24.3 Å². The van der Waals surface area contributed by atoms with Gasteiger partial charge in [-0.2, -0.15) is 5.10 Å². The average Bonchev–Trinajstić information content (AvgIpc) is 3.17. The molecule has 2 aromatic carbocycles. The maximum atomic E-state index is 12.5. The Morgan fingerprint density at radius 1 is 1.18 bits per heavy atom. The molecule has 0 spiro atoms. The van der Waals surface area contributed by atoms with E-state index in [4.69, 9.17) is 4.74 Å². The van der Waals surface area contributed by atoms with Crippen LogP contribution in [-0.4, -0.2) is 27.8 Å². The third-order valence-corrected chi connectivity index (χ3v) is 4.22. The predicted octanol–water partition coefficient (Wildman–Crippen LogP) is 4.40. The zero-order valence-electron chi connectivity index (χ0n) is 15.8. The summed E-state index contributed by atoms with van der Waals surface area (Å²) in [5.74, 6) is -0.186. The van der Waals surface area contributed by atoms with E-state index in [1.54, 1.807) is 45.2 Å². The average molecular weight is 376 g/mol. The number of carbonyl (C=O) groups excluding carboxylic acids is 2. The number of fused-ring (bicyclic) bond motifs is 2. The molecule has 3 N–H and O–H groups in total. The number of carbonyl (C=O) groups is 2. The van der Waals surface area contributed by atoms with Crippen molar-refractivity contribution >= 4 is 45.9 Å². The van der Waals surface area contributed by atoms with Crippen molar-refractivity contribution < 1.29 is 14.3 Å². The SMILES string of the molecule is CC(C)(C)OC(=O)Nc1ccc2c(c1)NC(=O)C2=Cc1ccc2cn[nH]c2c1. The van der Waals surface area contributed by atoms with Gasteiger partial charge in [0.15, 0.2) is 0 Å². The van der Waals surface area contributed by atoms with E-state index < -0.39 is 11.7 Å². The molecule has 0 unspecified atom stereocenters. The summed E-state index contributed by atoms with van der Waals surface area (Å²) in [6.07, 6.45) is 3.05. The third-order valence-electron chi connectivity index (χ3n) is 4.22. The standard InChI is InChI=1S/C21H20N4O3/c1-21(2,3)28-20(27)23-14-6-7-15-16(19(26)24-18(15)10-14)8-12-4-5-13-11-22-25-17(13)9-12/h4-11H,1-3H3,(H,22,25)(H,23,27)(H,24,26). The summed E-state index contributed by atoms with van der Waals surface area (Å²) in [7, 11) is 0. The molecular weight excluding hydrogens is 356 g/mol. The van der Waals surface area contributed by atoms with Gasteiger partial charge in [-0.3, -0.25) is 15.2 Å². The highest BCUT2D eigenvalue weighted by atomic mass is 16.6. The summed E-state index contributed by atoms with van der Waals surface area (Å²) in [4.78, 5) is 24.4. The number of nitrogens with zero attached hydrogens (tertiary/aromatic N) is 1. The largest absolute Gasteiger partial charge is 0.444 e. The van der Waals surface area contributed by atoms with Gasteiger partial charge in [0.2, 0.25) is 0 Å². The van der Waals surface area contributed by atoms with Gasteiger partial charge in [0.05, 0.1) is 17.4 Å². The van der Waals surface area contributed by atoms with Gasteiger partial charge in [-0.15, -0.1) is 0 Å². The number of benzene rings is 2. The lowest BCUT2D eigenvalue weighted by Crippen LogP contribution is -2.27. The minimum Gasteiger partial charge on any atom is -0.444 e. The smallest absolute Gasteiger partial charge is 0.412 e. The molecule has 7 nitrogen and oxygen atoms in total. The van der Waals surface area contributed by atoms with Crippen molar-refractivity contribution in [1.82, 2.24) is 10.2 Å². The van der Waals surface area contributed by atoms with Crippen molar-refractivity contribution in [2.45, 2.75) is 26.4 Å². The lowest BCUT2D eigenvalue weighted by atomic mass is 10.0. The predicted molar refractivity (Wildman–Crippen MR) is 109 cm³/mol. The number of anilines is 2. The summed E-state index contributed by atoms with van der Waals surface area (Å²) in [6, 6.07) is 11.1. The first-order valence-corrected chi connectivity index (χ1v) is 8.89. The summed E-state index contributed by atoms with van der Waals surface area (Å²) in [5.41, 5.74) is 3.76. The molecule has 2 amide bonds. The van der Waals surface area contributed by atoms with Gasteiger partial charge < -0.3 is 10.1 Å². The van der Waals surface area contributed by atoms with Crippen LogP contribution in [-0.2, 0) is 9.53 Å². The summed E-state index contributed by atoms with van der Waals surface area (Å²) < 4.78 is 5.25. The van der Waals surface area contributed by atoms with Crippen LogP contribution in [0.1, 0.15) is 31.9 Å². The molecule has 142 valence electrons. The van der Waals surface area contributed by atoms with Crippen LogP contribution in [0, 0.1) is 0 Å². The highest BCUT2D eigenvalue weighted by Crippen LogP contribution is 2.35. The molecule has 2 heterocycles. The fourth-order valence-electron chi connectivity index (χ4n) is 3.05. The third kappa shape index (κ3) is 3.59. The van der Waals surface area contributed by atoms with E-state index in [0.717, 1.165) is 22.0 Å². The minimum absolute atomic E-state index is 0.186. The number of aromatic nitrogens is 2. The number of hydrogen-bond donors (Lipinski definition) is 3. The molecule has 1 aliphatic rings. The molecule has 7 heteroatoms. The molecule has 1 aromatic heterocycles. The van der Waals surface area contributed by atoms with Gasteiger partial charge >= 0.3 is 6.09 Å². The monoisotopic (exact) mass is 376 g/mol. The Labute approximate surface area is 161 Å². The highest BCUT2D eigenvalue weighted by Gasteiger charge is 2.25. The Hall–Kier alpha value is -3.61. The van der Waals surface area contributed by atoms with Crippen LogP contribution in [0.3, 0.4) is 0 Å². The van der Waals surface area contributed by atoms with Gasteiger partial charge in [0.25, 0.3) is 5.91 Å². The number of hydrogen-bond acceptors (Lipinski definition) is 4. The number of H-pyrrole nitrogens is 1. The Bertz CT molecular complexity index is 1120. The fourth-order valence-corrected chi connectivity index (χ4v) is 3.05. The van der Waals surface area contributed by atoms with E-state index in [9.17, 15) is 9.59 Å². The number of amides is 2. The normalized spacial score (nSPS) is 14.8. The summed E-state index contributed by atoms with van der Waals surface area (Å²) in [6.45, 7) is 5.40. The molecule has 28 heavy (non-hydrogen) atoms. The Kier molecular flexibility index (Phi) is 4.15. The molecule has 0 saturated heterocycles. The van der Waals surface area contributed by atoms with E-state index in [-0.39, 0.29) is 5.91 Å². The number of ether oxygens (including phenoxy) is 1. The maximum Gasteiger partial charge on any atom is 0.412 e. The zero-order valence-corrected chi connectivity index (χ0v) is 15.8. The molecule has 0 atom stereocenters. The molecule has 3 aromatic rings. The van der Waals surface area contributed by atoms with Gasteiger partial charge in [-0.25, -0.2) is 4.79 Å². The zero-order chi connectivity index (χ0) is 19.9. The van der Waals surface area contributed by atoms with Crippen molar-refractivity contribution in [2.24, 2.45) is 0 Å². The Balaban J connectivity index is 1.60. The van der Waals surface area contributed by atoms with E-state index in [1.165, 1.54) is 0 Å². The van der Waals surface area contributed by atoms with E-state index in [0.29, 0.717) is 16.9 Å². The van der Waals surface area contributed by atoms with Gasteiger partial charge in [0, 0.05) is 22.2 Å². The first kappa shape index (κ1) is 17.8. The topological polar surface area (TPSA) is 96.1 Å². The lowest BCUT2D eigenvalue weighted by molar-refractivity contribution is -0.110. The molecule has 4 rings (SSSR count). The minimum atomic E-state index is -0.583. The molecule has 1 aliphatic heterocycles. The van der Waals surface area contributed by atoms with Crippen molar-refractivity contribution in [2.75, 3.05) is 10.6 Å². The van der Waals surface area contributed by atoms with Crippen LogP contribution < -0.4 is 10.6 Å². The number of rotatable bonds is 2. The molecule has 0 bridgehead atoms. The van der Waals surface area contributed by atoms with Crippen LogP contribution in [0.15, 0.2) is 42.6 Å². The Morgan fingerprint density at radius 3 is 2.79 bits per heavy atom. The molecule has 0 aliphatic carbocycles. The highest BCUT2D eigenvalue weighted by molar-refractivity contribution is 6.35. The number of nitrogens with one attached hydrogen (secondary N) is 3. The first-order chi connectivity index (χ1) is 13.3. The molecule has 0 fully saturated rings. The van der Waals surface area contributed by atoms with Crippen molar-refractivity contribution in [3.63, 3.8) is 0 Å². The number of aromatic amines is 1. The van der Waals surface area contributed by atoms with E-state index in [2.05, 4.69) is 20.8 Å². The second-order valence-electron chi connectivity index (χ2n) is 7.62. The fraction of sp³-hybridized carbons (Fsp3) is 0.190. The molecule has 0 radical (unpaired) electrons. The van der Waals surface area contributed by atoms with E-state index >= 15 is 0 Å².